The number of rotatable bonds is 2. The monoisotopic (exact) mass is 176 g/mol. The van der Waals surface area contributed by atoms with Crippen LogP contribution in [0.15, 0.2) is 18.3 Å². The first kappa shape index (κ1) is 7.79. The van der Waals surface area contributed by atoms with Crippen molar-refractivity contribution < 1.29 is 9.53 Å². The van der Waals surface area contributed by atoms with Crippen molar-refractivity contribution in [3.05, 3.63) is 24.0 Å². The molecule has 0 fully saturated rings. The summed E-state index contributed by atoms with van der Waals surface area (Å²) in [5, 5.41) is 0. The molecule has 0 aromatic carbocycles. The molecule has 0 saturated heterocycles. The Morgan fingerprint density at radius 3 is 3.08 bits per heavy atom. The molecule has 2 rings (SSSR count). The molecule has 0 aliphatic heterocycles. The highest BCUT2D eigenvalue weighted by atomic mass is 16.5. The van der Waals surface area contributed by atoms with Gasteiger partial charge in [0, 0.05) is 6.07 Å². The van der Waals surface area contributed by atoms with E-state index < -0.39 is 0 Å². The lowest BCUT2D eigenvalue weighted by Crippen LogP contribution is -1.83. The Morgan fingerprint density at radius 1 is 1.54 bits per heavy atom. The van der Waals surface area contributed by atoms with E-state index in [1.807, 2.05) is 0 Å². The zero-order chi connectivity index (χ0) is 9.26. The molecule has 4 heteroatoms. The number of methoxy groups -OCH3 is 1. The summed E-state index contributed by atoms with van der Waals surface area (Å²) >= 11 is 0. The first-order valence-corrected chi connectivity index (χ1v) is 3.81. The Hall–Kier alpha value is -1.84. The topological polar surface area (TPSA) is 55.0 Å². The highest BCUT2D eigenvalue weighted by Crippen LogP contribution is 2.17. The third kappa shape index (κ3) is 1.26. The van der Waals surface area contributed by atoms with Crippen LogP contribution in [0, 0.1) is 0 Å². The molecule has 0 amide bonds. The number of ether oxygens (including phenoxy) is 1. The van der Waals surface area contributed by atoms with E-state index >= 15 is 0 Å². The van der Waals surface area contributed by atoms with Crippen molar-refractivity contribution in [3.8, 4) is 5.75 Å². The number of carbonyl (C=O) groups is 1. The first-order chi connectivity index (χ1) is 6.33. The first-order valence-electron chi connectivity index (χ1n) is 3.81. The lowest BCUT2D eigenvalue weighted by atomic mass is 10.3. The second-order valence-corrected chi connectivity index (χ2v) is 2.65. The van der Waals surface area contributed by atoms with Gasteiger partial charge in [0.2, 0.25) is 0 Å². The molecule has 0 saturated carbocycles. The Morgan fingerprint density at radius 2 is 2.38 bits per heavy atom. The molecule has 2 aromatic rings. The second-order valence-electron chi connectivity index (χ2n) is 2.65. The van der Waals surface area contributed by atoms with E-state index in [4.69, 9.17) is 4.74 Å². The molecule has 2 aromatic heterocycles. The largest absolute Gasteiger partial charge is 0.495 e. The van der Waals surface area contributed by atoms with Gasteiger partial charge in [-0.25, -0.2) is 0 Å². The van der Waals surface area contributed by atoms with Crippen molar-refractivity contribution >= 4 is 17.3 Å². The van der Waals surface area contributed by atoms with Gasteiger partial charge in [-0.3, -0.25) is 9.78 Å². The SMILES string of the molecule is COc1cnc2cc(C=O)[nH]c2c1. The number of hydrogen-bond donors (Lipinski definition) is 1. The van der Waals surface area contributed by atoms with Crippen LogP contribution in [0.5, 0.6) is 5.75 Å². The quantitative estimate of drug-likeness (QED) is 0.703. The smallest absolute Gasteiger partial charge is 0.166 e. The van der Waals surface area contributed by atoms with Gasteiger partial charge in [0.1, 0.15) is 5.75 Å². The van der Waals surface area contributed by atoms with Gasteiger partial charge in [0.15, 0.2) is 6.29 Å². The maximum atomic E-state index is 10.4. The van der Waals surface area contributed by atoms with Crippen LogP contribution in [0.2, 0.25) is 0 Å². The van der Waals surface area contributed by atoms with E-state index in [0.717, 1.165) is 17.3 Å². The van der Waals surface area contributed by atoms with Gasteiger partial charge in [-0.1, -0.05) is 0 Å². The molecule has 0 radical (unpaired) electrons. The number of aldehydes is 1. The number of nitrogens with one attached hydrogen (secondary N) is 1. The lowest BCUT2D eigenvalue weighted by molar-refractivity contribution is 0.112. The van der Waals surface area contributed by atoms with Crippen molar-refractivity contribution in [2.24, 2.45) is 0 Å². The number of pyridine rings is 1. The van der Waals surface area contributed by atoms with Crippen molar-refractivity contribution in [1.82, 2.24) is 9.97 Å². The van der Waals surface area contributed by atoms with Gasteiger partial charge in [-0.15, -0.1) is 0 Å². The second kappa shape index (κ2) is 2.90. The van der Waals surface area contributed by atoms with Crippen LogP contribution >= 0.6 is 0 Å². The zero-order valence-corrected chi connectivity index (χ0v) is 7.07. The minimum absolute atomic E-state index is 0.524. The van der Waals surface area contributed by atoms with Gasteiger partial charge in [-0.05, 0) is 6.07 Å². The average molecular weight is 176 g/mol. The van der Waals surface area contributed by atoms with E-state index in [0.29, 0.717) is 11.4 Å². The fourth-order valence-electron chi connectivity index (χ4n) is 1.19. The van der Waals surface area contributed by atoms with E-state index in [2.05, 4.69) is 9.97 Å². The lowest BCUT2D eigenvalue weighted by Gasteiger charge is -1.96. The van der Waals surface area contributed by atoms with Gasteiger partial charge >= 0.3 is 0 Å². The highest BCUT2D eigenvalue weighted by Gasteiger charge is 2.01. The summed E-state index contributed by atoms with van der Waals surface area (Å²) in [5.41, 5.74) is 2.10. The van der Waals surface area contributed by atoms with E-state index in [1.54, 1.807) is 25.4 Å². The minimum Gasteiger partial charge on any atom is -0.495 e. The summed E-state index contributed by atoms with van der Waals surface area (Å²) in [7, 11) is 1.58. The van der Waals surface area contributed by atoms with Gasteiger partial charge in [0.25, 0.3) is 0 Å². The third-order valence-corrected chi connectivity index (χ3v) is 1.83. The van der Waals surface area contributed by atoms with Crippen molar-refractivity contribution in [2.75, 3.05) is 7.11 Å². The number of hydrogen-bond acceptors (Lipinski definition) is 3. The van der Waals surface area contributed by atoms with Crippen molar-refractivity contribution in [2.45, 2.75) is 0 Å². The van der Waals surface area contributed by atoms with Crippen LogP contribution in [0.3, 0.4) is 0 Å². The Kier molecular flexibility index (Phi) is 1.73. The Bertz CT molecular complexity index is 448. The average Bonchev–Trinajstić information content (AvgIpc) is 2.58. The fraction of sp³-hybridized carbons (Fsp3) is 0.111. The Balaban J connectivity index is 2.63. The molecule has 0 aliphatic rings. The molecular formula is C9H8N2O2. The molecule has 66 valence electrons. The van der Waals surface area contributed by atoms with Crippen molar-refractivity contribution in [1.29, 1.82) is 0 Å². The van der Waals surface area contributed by atoms with Crippen LogP contribution in [-0.4, -0.2) is 23.4 Å². The summed E-state index contributed by atoms with van der Waals surface area (Å²) in [4.78, 5) is 17.5. The van der Waals surface area contributed by atoms with Crippen molar-refractivity contribution in [3.63, 3.8) is 0 Å². The molecular weight excluding hydrogens is 168 g/mol. The van der Waals surface area contributed by atoms with Crippen LogP contribution < -0.4 is 4.74 Å². The fourth-order valence-corrected chi connectivity index (χ4v) is 1.19. The third-order valence-electron chi connectivity index (χ3n) is 1.83. The summed E-state index contributed by atoms with van der Waals surface area (Å²) in [6, 6.07) is 3.50. The molecule has 0 unspecified atom stereocenters. The number of fused-ring (bicyclic) bond motifs is 1. The maximum absolute atomic E-state index is 10.4. The molecule has 0 spiro atoms. The van der Waals surface area contributed by atoms with Gasteiger partial charge in [-0.2, -0.15) is 0 Å². The van der Waals surface area contributed by atoms with E-state index in [9.17, 15) is 4.79 Å². The normalized spacial score (nSPS) is 10.2. The molecule has 13 heavy (non-hydrogen) atoms. The van der Waals surface area contributed by atoms with E-state index in [1.165, 1.54) is 0 Å². The highest BCUT2D eigenvalue weighted by molar-refractivity contribution is 5.85. The number of nitrogens with zero attached hydrogens (tertiary/aromatic N) is 1. The zero-order valence-electron chi connectivity index (χ0n) is 7.07. The minimum atomic E-state index is 0.524. The number of H-pyrrole nitrogens is 1. The van der Waals surface area contributed by atoms with Crippen LogP contribution in [0.25, 0.3) is 11.0 Å². The molecule has 2 heterocycles. The molecule has 0 bridgehead atoms. The molecule has 0 atom stereocenters. The summed E-state index contributed by atoms with van der Waals surface area (Å²) in [5.74, 6) is 0.673. The maximum Gasteiger partial charge on any atom is 0.166 e. The van der Waals surface area contributed by atoms with Crippen LogP contribution in [0.4, 0.5) is 0 Å². The summed E-state index contributed by atoms with van der Waals surface area (Å²) in [6.45, 7) is 0. The predicted molar refractivity (Wildman–Crippen MR) is 48.0 cm³/mol. The number of aromatic nitrogens is 2. The van der Waals surface area contributed by atoms with Gasteiger partial charge < -0.3 is 9.72 Å². The standard InChI is InChI=1S/C9H8N2O2/c1-13-7-3-9-8(10-4-7)2-6(5-12)11-9/h2-5,11H,1H3. The molecule has 0 aliphatic carbocycles. The molecule has 4 nitrogen and oxygen atoms in total. The predicted octanol–water partition coefficient (Wildman–Crippen LogP) is 1.38. The van der Waals surface area contributed by atoms with E-state index in [-0.39, 0.29) is 0 Å². The van der Waals surface area contributed by atoms with Gasteiger partial charge in [0.05, 0.1) is 30.0 Å². The number of carbonyl (C=O) groups excluding carboxylic acids is 1. The van der Waals surface area contributed by atoms with Crippen LogP contribution in [-0.2, 0) is 0 Å². The molecule has 1 N–H and O–H groups in total. The van der Waals surface area contributed by atoms with Crippen LogP contribution in [0.1, 0.15) is 10.5 Å². The summed E-state index contributed by atoms with van der Waals surface area (Å²) < 4.78 is 4.99. The number of aromatic amines is 1. The summed E-state index contributed by atoms with van der Waals surface area (Å²) in [6.07, 6.45) is 2.37. The Labute approximate surface area is 74.5 Å².